The number of hydrogen-bond acceptors (Lipinski definition) is 5. The lowest BCUT2D eigenvalue weighted by molar-refractivity contribution is -0.146. The zero-order valence-corrected chi connectivity index (χ0v) is 18.5. The van der Waals surface area contributed by atoms with E-state index < -0.39 is 0 Å². The molecule has 3 aliphatic heterocycles. The molecule has 0 saturated carbocycles. The van der Waals surface area contributed by atoms with Gasteiger partial charge in [-0.2, -0.15) is 0 Å². The van der Waals surface area contributed by atoms with Crippen LogP contribution < -0.4 is 0 Å². The number of nitrogens with zero attached hydrogens (tertiary/aromatic N) is 3. The van der Waals surface area contributed by atoms with Crippen LogP contribution in [0.4, 0.5) is 0 Å². The van der Waals surface area contributed by atoms with Crippen molar-refractivity contribution in [3.63, 3.8) is 0 Å². The molecule has 154 valence electrons. The van der Waals surface area contributed by atoms with Crippen LogP contribution in [0.1, 0.15) is 18.4 Å². The van der Waals surface area contributed by atoms with Crippen molar-refractivity contribution in [3.05, 3.63) is 33.8 Å². The van der Waals surface area contributed by atoms with Crippen molar-refractivity contribution >= 4 is 41.1 Å². The fourth-order valence-corrected chi connectivity index (χ4v) is 5.83. The fourth-order valence-electron chi connectivity index (χ4n) is 4.79. The van der Waals surface area contributed by atoms with E-state index in [0.29, 0.717) is 29.7 Å². The topological polar surface area (TPSA) is 36.0 Å². The second-order valence-electron chi connectivity index (χ2n) is 7.74. The number of halogens is 2. The van der Waals surface area contributed by atoms with Crippen molar-refractivity contribution in [2.24, 2.45) is 0 Å². The van der Waals surface area contributed by atoms with Crippen LogP contribution in [0.15, 0.2) is 18.2 Å². The zero-order chi connectivity index (χ0) is 19.7. The normalized spacial score (nSPS) is 29.1. The Labute approximate surface area is 181 Å². The molecule has 0 radical (unpaired) electrons. The smallest absolute Gasteiger partial charge is 0.227 e. The lowest BCUT2D eigenvalue weighted by atomic mass is 9.92. The Kier molecular flexibility index (Phi) is 6.75. The second-order valence-corrected chi connectivity index (χ2v) is 9.39. The van der Waals surface area contributed by atoms with Gasteiger partial charge in [0.05, 0.1) is 47.8 Å². The van der Waals surface area contributed by atoms with E-state index in [1.54, 1.807) is 24.1 Å². The quantitative estimate of drug-likeness (QED) is 0.667. The highest BCUT2D eigenvalue weighted by Gasteiger charge is 2.47. The van der Waals surface area contributed by atoms with E-state index in [-0.39, 0.29) is 24.0 Å². The fraction of sp³-hybridized carbons (Fsp3) is 0.650. The Morgan fingerprint density at radius 1 is 1.11 bits per heavy atom. The summed E-state index contributed by atoms with van der Waals surface area (Å²) in [5.74, 6) is 0.167. The van der Waals surface area contributed by atoms with E-state index in [1.807, 2.05) is 6.07 Å². The lowest BCUT2D eigenvalue weighted by Gasteiger charge is -2.53. The first kappa shape index (κ1) is 20.8. The van der Waals surface area contributed by atoms with Gasteiger partial charge in [-0.15, -0.1) is 0 Å². The average Bonchev–Trinajstić information content (AvgIpc) is 3.24. The van der Waals surface area contributed by atoms with Gasteiger partial charge in [0, 0.05) is 13.1 Å². The maximum Gasteiger partial charge on any atom is 0.227 e. The van der Waals surface area contributed by atoms with Crippen LogP contribution in [-0.4, -0.2) is 83.8 Å². The Hall–Kier alpha value is -0.500. The zero-order valence-electron chi connectivity index (χ0n) is 16.2. The van der Waals surface area contributed by atoms with Crippen LogP contribution in [-0.2, 0) is 16.0 Å². The first-order valence-electron chi connectivity index (χ1n) is 9.94. The van der Waals surface area contributed by atoms with Gasteiger partial charge >= 0.3 is 0 Å². The van der Waals surface area contributed by atoms with Gasteiger partial charge in [0.1, 0.15) is 0 Å². The third kappa shape index (κ3) is 4.18. The summed E-state index contributed by atoms with van der Waals surface area (Å²) in [5.41, 5.74) is 0.910. The number of hydrogen-bond donors (Lipinski definition) is 0. The first-order chi connectivity index (χ1) is 13.6. The largest absolute Gasteiger partial charge is 0.378 e. The maximum atomic E-state index is 13.3. The minimum atomic E-state index is 0.167. The van der Waals surface area contributed by atoms with Crippen LogP contribution in [0.5, 0.6) is 0 Å². The van der Waals surface area contributed by atoms with Crippen molar-refractivity contribution in [1.29, 1.82) is 0 Å². The van der Waals surface area contributed by atoms with E-state index in [2.05, 4.69) is 20.4 Å². The summed E-state index contributed by atoms with van der Waals surface area (Å²) >= 11 is 13.9. The predicted octanol–water partition coefficient (Wildman–Crippen LogP) is 3.19. The molecule has 1 amide bonds. The molecular weight excluding hydrogens is 417 g/mol. The second kappa shape index (κ2) is 9.11. The number of benzene rings is 1. The van der Waals surface area contributed by atoms with Gasteiger partial charge in [-0.3, -0.25) is 9.69 Å². The number of rotatable bonds is 4. The van der Waals surface area contributed by atoms with Gasteiger partial charge in [-0.1, -0.05) is 41.2 Å². The summed E-state index contributed by atoms with van der Waals surface area (Å²) in [4.78, 5) is 18.0. The summed E-state index contributed by atoms with van der Waals surface area (Å²) in [6.07, 6.45) is 4.94. The predicted molar refractivity (Wildman–Crippen MR) is 115 cm³/mol. The molecule has 28 heavy (non-hydrogen) atoms. The molecule has 3 fully saturated rings. The third-order valence-electron chi connectivity index (χ3n) is 6.16. The highest BCUT2D eigenvalue weighted by molar-refractivity contribution is 7.96. The highest BCUT2D eigenvalue weighted by Crippen LogP contribution is 2.32. The van der Waals surface area contributed by atoms with Crippen molar-refractivity contribution in [2.45, 2.75) is 37.4 Å². The monoisotopic (exact) mass is 443 g/mol. The number of piperazine rings is 1. The molecule has 0 bridgehead atoms. The number of carbonyl (C=O) groups is 1. The average molecular weight is 444 g/mol. The third-order valence-corrected chi connectivity index (χ3v) is 7.82. The van der Waals surface area contributed by atoms with Crippen LogP contribution in [0, 0.1) is 0 Å². The van der Waals surface area contributed by atoms with Gasteiger partial charge in [0.25, 0.3) is 0 Å². The number of amides is 1. The number of fused-ring (bicyclic) bond motifs is 1. The van der Waals surface area contributed by atoms with Crippen molar-refractivity contribution < 1.29 is 9.53 Å². The molecule has 0 N–H and O–H groups in total. The van der Waals surface area contributed by atoms with Crippen molar-refractivity contribution in [1.82, 2.24) is 14.1 Å². The molecular formula is C20H27Cl2N3O2S. The van der Waals surface area contributed by atoms with Crippen LogP contribution in [0.3, 0.4) is 0 Å². The van der Waals surface area contributed by atoms with Gasteiger partial charge in [0.15, 0.2) is 0 Å². The molecule has 5 nitrogen and oxygen atoms in total. The van der Waals surface area contributed by atoms with E-state index in [1.165, 1.54) is 12.8 Å². The summed E-state index contributed by atoms with van der Waals surface area (Å²) in [7, 11) is 0. The summed E-state index contributed by atoms with van der Waals surface area (Å²) in [5, 5.41) is 1.02. The Bertz CT molecular complexity index is 717. The maximum absolute atomic E-state index is 13.3. The SMILES string of the molecule is CSN1CCN(C(=O)Cc2ccc(Cl)c(Cl)c2)C2C1COC[C@@H]2N1CCCC1. The molecule has 2 unspecified atom stereocenters. The molecule has 0 aromatic heterocycles. The van der Waals surface area contributed by atoms with Gasteiger partial charge in [-0.25, -0.2) is 4.31 Å². The summed E-state index contributed by atoms with van der Waals surface area (Å²) in [6.45, 7) is 5.22. The number of ether oxygens (including phenoxy) is 1. The van der Waals surface area contributed by atoms with Crippen LogP contribution in [0.2, 0.25) is 10.0 Å². The van der Waals surface area contributed by atoms with E-state index >= 15 is 0 Å². The minimum Gasteiger partial charge on any atom is -0.378 e. The molecule has 1 aromatic rings. The molecule has 1 aromatic carbocycles. The van der Waals surface area contributed by atoms with E-state index in [9.17, 15) is 4.79 Å². The molecule has 0 aliphatic carbocycles. The van der Waals surface area contributed by atoms with Crippen molar-refractivity contribution in [3.8, 4) is 0 Å². The van der Waals surface area contributed by atoms with Crippen LogP contribution >= 0.6 is 35.1 Å². The Morgan fingerprint density at radius 2 is 1.86 bits per heavy atom. The standard InChI is InChI=1S/C20H27Cl2N3O2S/c1-28-25-9-8-24(19(26)11-14-4-5-15(21)16(22)10-14)20-17(12-27-13-18(20)25)23-6-2-3-7-23/h4-5,10,17-18,20H,2-3,6-9,11-13H2,1H3/t17-,18?,20?/m0/s1. The highest BCUT2D eigenvalue weighted by atomic mass is 35.5. The molecule has 0 spiro atoms. The summed E-state index contributed by atoms with van der Waals surface area (Å²) < 4.78 is 8.40. The molecule has 3 saturated heterocycles. The van der Waals surface area contributed by atoms with E-state index in [0.717, 1.165) is 31.7 Å². The molecule has 4 rings (SSSR count). The Balaban J connectivity index is 1.56. The van der Waals surface area contributed by atoms with E-state index in [4.69, 9.17) is 27.9 Å². The Morgan fingerprint density at radius 3 is 2.57 bits per heavy atom. The number of carbonyl (C=O) groups excluding carboxylic acids is 1. The minimum absolute atomic E-state index is 0.167. The van der Waals surface area contributed by atoms with Gasteiger partial charge in [-0.05, 0) is 49.9 Å². The molecule has 3 heterocycles. The molecule has 3 aliphatic rings. The van der Waals surface area contributed by atoms with Crippen LogP contribution in [0.25, 0.3) is 0 Å². The summed E-state index contributed by atoms with van der Waals surface area (Å²) in [6, 6.07) is 6.14. The first-order valence-corrected chi connectivity index (χ1v) is 11.9. The van der Waals surface area contributed by atoms with Gasteiger partial charge in [0.2, 0.25) is 5.91 Å². The van der Waals surface area contributed by atoms with Crippen molar-refractivity contribution in [2.75, 3.05) is 45.6 Å². The number of likely N-dealkylation sites (tertiary alicyclic amines) is 1. The van der Waals surface area contributed by atoms with Gasteiger partial charge < -0.3 is 9.64 Å². The lowest BCUT2D eigenvalue weighted by Crippen LogP contribution is -2.70. The molecule has 8 heteroatoms. The molecule has 3 atom stereocenters.